The Hall–Kier alpha value is -0.830. The Kier molecular flexibility index (Phi) is 3.64. The van der Waals surface area contributed by atoms with Crippen molar-refractivity contribution >= 4 is 17.7 Å². The van der Waals surface area contributed by atoms with Crippen LogP contribution in [0, 0.1) is 0 Å². The summed E-state index contributed by atoms with van der Waals surface area (Å²) < 4.78 is 0. The first-order valence-electron chi connectivity index (χ1n) is 5.63. The average Bonchev–Trinajstić information content (AvgIpc) is 2.29. The molecule has 16 heavy (non-hydrogen) atoms. The maximum absolute atomic E-state index is 6.15. The maximum atomic E-state index is 6.15. The van der Waals surface area contributed by atoms with Gasteiger partial charge in [0.1, 0.15) is 0 Å². The van der Waals surface area contributed by atoms with Crippen molar-refractivity contribution in [2.45, 2.75) is 25.3 Å². The van der Waals surface area contributed by atoms with Gasteiger partial charge in [-0.25, -0.2) is 0 Å². The average molecular weight is 237 g/mol. The summed E-state index contributed by atoms with van der Waals surface area (Å²) >= 11 is 6.15. The van der Waals surface area contributed by atoms with Gasteiger partial charge in [0.05, 0.1) is 0 Å². The predicted octanol–water partition coefficient (Wildman–Crippen LogP) is 2.35. The molecule has 0 saturated heterocycles. The summed E-state index contributed by atoms with van der Waals surface area (Å²) in [7, 11) is 0. The molecule has 2 rings (SSSR count). The standard InChI is InChI=1S/C13H17ClN2/c14-13-3-1-2-10-6-9(4-5-12(10)13)7-11(16)8-15/h1-3,6,11H,4-5,7-8,15-16H2. The van der Waals surface area contributed by atoms with E-state index in [4.69, 9.17) is 23.1 Å². The molecular formula is C13H17ClN2. The predicted molar refractivity (Wildman–Crippen MR) is 69.4 cm³/mol. The molecule has 1 unspecified atom stereocenters. The third-order valence-corrected chi connectivity index (χ3v) is 3.39. The van der Waals surface area contributed by atoms with Crippen molar-refractivity contribution in [2.24, 2.45) is 11.5 Å². The molecule has 2 nitrogen and oxygen atoms in total. The Morgan fingerprint density at radius 2 is 2.12 bits per heavy atom. The van der Waals surface area contributed by atoms with Gasteiger partial charge in [-0.3, -0.25) is 0 Å². The Bertz CT molecular complexity index is 412. The highest BCUT2D eigenvalue weighted by atomic mass is 35.5. The van der Waals surface area contributed by atoms with Gasteiger partial charge in [-0.15, -0.1) is 0 Å². The first kappa shape index (κ1) is 11.6. The number of benzene rings is 1. The monoisotopic (exact) mass is 236 g/mol. The lowest BCUT2D eigenvalue weighted by molar-refractivity contribution is 0.656. The second-order valence-electron chi connectivity index (χ2n) is 4.31. The fraction of sp³-hybridized carbons (Fsp3) is 0.385. The summed E-state index contributed by atoms with van der Waals surface area (Å²) in [6.45, 7) is 0.541. The smallest absolute Gasteiger partial charge is 0.0444 e. The van der Waals surface area contributed by atoms with Gasteiger partial charge in [-0.2, -0.15) is 0 Å². The molecule has 3 heteroatoms. The minimum atomic E-state index is 0.0759. The van der Waals surface area contributed by atoms with E-state index in [-0.39, 0.29) is 6.04 Å². The molecule has 1 aliphatic carbocycles. The van der Waals surface area contributed by atoms with Crippen LogP contribution in [0.1, 0.15) is 24.0 Å². The third-order valence-electron chi connectivity index (χ3n) is 3.04. The van der Waals surface area contributed by atoms with E-state index in [1.54, 1.807) is 0 Å². The summed E-state index contributed by atoms with van der Waals surface area (Å²) in [6, 6.07) is 6.12. The van der Waals surface area contributed by atoms with Crippen molar-refractivity contribution in [1.29, 1.82) is 0 Å². The lowest BCUT2D eigenvalue weighted by Gasteiger charge is -2.19. The number of halogens is 1. The second-order valence-corrected chi connectivity index (χ2v) is 4.72. The molecule has 0 aromatic heterocycles. The van der Waals surface area contributed by atoms with E-state index in [1.807, 2.05) is 12.1 Å². The quantitative estimate of drug-likeness (QED) is 0.847. The Morgan fingerprint density at radius 1 is 1.31 bits per heavy atom. The maximum Gasteiger partial charge on any atom is 0.0444 e. The second kappa shape index (κ2) is 5.00. The molecule has 1 aromatic carbocycles. The van der Waals surface area contributed by atoms with E-state index in [9.17, 15) is 0 Å². The fourth-order valence-corrected chi connectivity index (χ4v) is 2.41. The van der Waals surface area contributed by atoms with Crippen LogP contribution in [0.2, 0.25) is 5.02 Å². The van der Waals surface area contributed by atoms with Gasteiger partial charge in [0, 0.05) is 17.6 Å². The molecule has 86 valence electrons. The molecular weight excluding hydrogens is 220 g/mol. The highest BCUT2D eigenvalue weighted by Gasteiger charge is 2.14. The lowest BCUT2D eigenvalue weighted by Crippen LogP contribution is -2.30. The van der Waals surface area contributed by atoms with E-state index < -0.39 is 0 Å². The topological polar surface area (TPSA) is 52.0 Å². The highest BCUT2D eigenvalue weighted by Crippen LogP contribution is 2.30. The molecule has 0 aliphatic heterocycles. The molecule has 0 spiro atoms. The zero-order valence-electron chi connectivity index (χ0n) is 9.25. The molecule has 1 aliphatic rings. The van der Waals surface area contributed by atoms with E-state index in [1.165, 1.54) is 16.7 Å². The zero-order valence-corrected chi connectivity index (χ0v) is 10.0. The molecule has 0 fully saturated rings. The fourth-order valence-electron chi connectivity index (χ4n) is 2.13. The van der Waals surface area contributed by atoms with Crippen molar-refractivity contribution in [3.05, 3.63) is 39.9 Å². The molecule has 4 N–H and O–H groups in total. The van der Waals surface area contributed by atoms with Gasteiger partial charge in [0.2, 0.25) is 0 Å². The summed E-state index contributed by atoms with van der Waals surface area (Å²) in [5, 5.41) is 0.871. The Labute approximate surface area is 101 Å². The Balaban J connectivity index is 2.21. The number of hydrogen-bond donors (Lipinski definition) is 2. The van der Waals surface area contributed by atoms with Crippen LogP contribution in [0.3, 0.4) is 0 Å². The summed E-state index contributed by atoms with van der Waals surface area (Å²) in [6.07, 6.45) is 5.16. The van der Waals surface area contributed by atoms with Crippen LogP contribution in [0.15, 0.2) is 23.8 Å². The molecule has 0 radical (unpaired) electrons. The normalized spacial score (nSPS) is 16.6. The summed E-state index contributed by atoms with van der Waals surface area (Å²) in [5.41, 5.74) is 15.3. The molecule has 0 saturated carbocycles. The van der Waals surface area contributed by atoms with E-state index in [0.29, 0.717) is 6.54 Å². The van der Waals surface area contributed by atoms with E-state index >= 15 is 0 Å². The SMILES string of the molecule is NCC(N)CC1=Cc2cccc(Cl)c2CC1. The van der Waals surface area contributed by atoms with Crippen molar-refractivity contribution in [1.82, 2.24) is 0 Å². The third kappa shape index (κ3) is 2.46. The number of rotatable bonds is 3. The van der Waals surface area contributed by atoms with Gasteiger partial charge in [-0.05, 0) is 36.5 Å². The lowest BCUT2D eigenvalue weighted by atomic mass is 9.89. The van der Waals surface area contributed by atoms with Crippen LogP contribution in [-0.4, -0.2) is 12.6 Å². The van der Waals surface area contributed by atoms with Crippen LogP contribution >= 0.6 is 11.6 Å². The van der Waals surface area contributed by atoms with Crippen LogP contribution in [-0.2, 0) is 6.42 Å². The molecule has 0 bridgehead atoms. The number of fused-ring (bicyclic) bond motifs is 1. The van der Waals surface area contributed by atoms with Gasteiger partial charge in [0.25, 0.3) is 0 Å². The molecule has 1 aromatic rings. The summed E-state index contributed by atoms with van der Waals surface area (Å²) in [5.74, 6) is 0. The van der Waals surface area contributed by atoms with Gasteiger partial charge in [0.15, 0.2) is 0 Å². The van der Waals surface area contributed by atoms with Crippen molar-refractivity contribution in [3.8, 4) is 0 Å². The van der Waals surface area contributed by atoms with E-state index in [2.05, 4.69) is 12.1 Å². The van der Waals surface area contributed by atoms with Crippen LogP contribution in [0.4, 0.5) is 0 Å². The minimum Gasteiger partial charge on any atom is -0.329 e. The van der Waals surface area contributed by atoms with Gasteiger partial charge >= 0.3 is 0 Å². The Morgan fingerprint density at radius 3 is 2.88 bits per heavy atom. The van der Waals surface area contributed by atoms with Crippen LogP contribution in [0.5, 0.6) is 0 Å². The molecule has 0 heterocycles. The van der Waals surface area contributed by atoms with Crippen LogP contribution < -0.4 is 11.5 Å². The zero-order chi connectivity index (χ0) is 11.5. The largest absolute Gasteiger partial charge is 0.329 e. The first-order chi connectivity index (χ1) is 7.70. The first-order valence-corrected chi connectivity index (χ1v) is 6.01. The van der Waals surface area contributed by atoms with Crippen molar-refractivity contribution in [2.75, 3.05) is 6.54 Å². The van der Waals surface area contributed by atoms with Crippen molar-refractivity contribution < 1.29 is 0 Å². The minimum absolute atomic E-state index is 0.0759. The number of nitrogens with two attached hydrogens (primary N) is 2. The highest BCUT2D eigenvalue weighted by molar-refractivity contribution is 6.31. The van der Waals surface area contributed by atoms with Gasteiger partial charge in [-0.1, -0.05) is 35.4 Å². The van der Waals surface area contributed by atoms with Crippen LogP contribution in [0.25, 0.3) is 6.08 Å². The van der Waals surface area contributed by atoms with Gasteiger partial charge < -0.3 is 11.5 Å². The van der Waals surface area contributed by atoms with Crippen molar-refractivity contribution in [3.63, 3.8) is 0 Å². The molecule has 1 atom stereocenters. The molecule has 0 amide bonds. The summed E-state index contributed by atoms with van der Waals surface area (Å²) in [4.78, 5) is 0. The number of hydrogen-bond acceptors (Lipinski definition) is 2. The van der Waals surface area contributed by atoms with E-state index in [0.717, 1.165) is 24.3 Å².